The summed E-state index contributed by atoms with van der Waals surface area (Å²) in [5, 5.41) is 13.3. The largest absolute Gasteiger partial charge is 0.368 e. The van der Waals surface area contributed by atoms with Gasteiger partial charge in [0.2, 0.25) is 5.91 Å². The van der Waals surface area contributed by atoms with E-state index >= 15 is 0 Å². The van der Waals surface area contributed by atoms with E-state index in [2.05, 4.69) is 11.4 Å². The van der Waals surface area contributed by atoms with E-state index in [0.717, 1.165) is 23.2 Å². The lowest BCUT2D eigenvalue weighted by Crippen LogP contribution is -2.52. The van der Waals surface area contributed by atoms with Gasteiger partial charge in [-0.15, -0.1) is 0 Å². The molecule has 30 heavy (non-hydrogen) atoms. The third-order valence-electron chi connectivity index (χ3n) is 5.52. The normalized spacial score (nSPS) is 20.9. The van der Waals surface area contributed by atoms with Crippen LogP contribution < -0.4 is 16.0 Å². The number of carbonyl (C=O) groups is 2. The van der Waals surface area contributed by atoms with E-state index in [1.54, 1.807) is 6.92 Å². The van der Waals surface area contributed by atoms with Crippen LogP contribution in [0.2, 0.25) is 0 Å². The van der Waals surface area contributed by atoms with Crippen LogP contribution in [-0.2, 0) is 4.79 Å². The van der Waals surface area contributed by atoms with Gasteiger partial charge in [0.25, 0.3) is 0 Å². The molecule has 1 fully saturated rings. The number of hydrogen-bond acceptors (Lipinski definition) is 4. The van der Waals surface area contributed by atoms with Crippen LogP contribution in [0.4, 0.5) is 10.5 Å². The third kappa shape index (κ3) is 3.53. The number of nitrogens with one attached hydrogen (secondary N) is 1. The van der Waals surface area contributed by atoms with Gasteiger partial charge >= 0.3 is 6.03 Å². The molecule has 0 radical (unpaired) electrons. The summed E-state index contributed by atoms with van der Waals surface area (Å²) in [7, 11) is 0. The molecule has 2 aromatic carbocycles. The van der Waals surface area contributed by atoms with E-state index in [4.69, 9.17) is 5.73 Å². The van der Waals surface area contributed by atoms with E-state index in [0.29, 0.717) is 23.0 Å². The maximum absolute atomic E-state index is 13.5. The summed E-state index contributed by atoms with van der Waals surface area (Å²) in [5.74, 6) is -0.631. The number of nitrogens with zero attached hydrogens (tertiary/aromatic N) is 3. The first kappa shape index (κ1) is 19.7. The van der Waals surface area contributed by atoms with Crippen LogP contribution in [0.25, 0.3) is 0 Å². The van der Waals surface area contributed by atoms with Crippen LogP contribution in [0, 0.1) is 18.3 Å². The van der Waals surface area contributed by atoms with Crippen molar-refractivity contribution in [3.63, 3.8) is 0 Å². The zero-order valence-corrected chi connectivity index (χ0v) is 16.9. The predicted molar refractivity (Wildman–Crippen MR) is 113 cm³/mol. The Kier molecular flexibility index (Phi) is 5.02. The quantitative estimate of drug-likeness (QED) is 0.750. The summed E-state index contributed by atoms with van der Waals surface area (Å²) < 4.78 is 0. The highest BCUT2D eigenvalue weighted by Crippen LogP contribution is 2.39. The lowest BCUT2D eigenvalue weighted by molar-refractivity contribution is -0.118. The molecule has 2 aliphatic rings. The van der Waals surface area contributed by atoms with Crippen LogP contribution in [0.1, 0.15) is 35.7 Å². The molecule has 2 aliphatic heterocycles. The topological polar surface area (TPSA) is 112 Å². The number of carbonyl (C=O) groups excluding carboxylic acids is 2. The van der Waals surface area contributed by atoms with Crippen molar-refractivity contribution in [1.82, 2.24) is 10.2 Å². The molecular weight excluding hydrogens is 378 g/mol. The molecule has 152 valence electrons. The van der Waals surface area contributed by atoms with Gasteiger partial charge in [-0.2, -0.15) is 5.26 Å². The first-order valence-corrected chi connectivity index (χ1v) is 9.80. The number of allylic oxidation sites excluding steroid dienone is 1. The summed E-state index contributed by atoms with van der Waals surface area (Å²) in [4.78, 5) is 28.2. The molecule has 0 bridgehead atoms. The number of aryl methyl sites for hydroxylation is 1. The van der Waals surface area contributed by atoms with Gasteiger partial charge < -0.3 is 16.0 Å². The molecule has 2 aromatic rings. The molecular formula is C23H23N5O2. The molecule has 4 rings (SSSR count). The van der Waals surface area contributed by atoms with Gasteiger partial charge in [0.05, 0.1) is 23.4 Å². The fourth-order valence-corrected chi connectivity index (χ4v) is 3.95. The Bertz CT molecular complexity index is 1080. The van der Waals surface area contributed by atoms with Crippen molar-refractivity contribution >= 4 is 17.6 Å². The predicted octanol–water partition coefficient (Wildman–Crippen LogP) is 2.91. The van der Waals surface area contributed by atoms with Crippen molar-refractivity contribution in [1.29, 1.82) is 5.26 Å². The standard InChI is InChI=1S/C23H23N5O2/c1-14-4-3-5-18(10-14)28-15(2)19(11-24)22(27(23(28)30)13-21(25)29)17-8-6-16(7-9-17)20-12-26-20/h3-10,20,22,26H,12-13H2,1-2H3,(H2,25,29)/t20?,22-/m1/s1. The van der Waals surface area contributed by atoms with Gasteiger partial charge in [-0.3, -0.25) is 9.69 Å². The molecule has 2 atom stereocenters. The first-order chi connectivity index (χ1) is 14.4. The Morgan fingerprint density at radius 3 is 2.43 bits per heavy atom. The van der Waals surface area contributed by atoms with Crippen LogP contribution >= 0.6 is 0 Å². The second-order valence-corrected chi connectivity index (χ2v) is 7.69. The smallest absolute Gasteiger partial charge is 0.330 e. The van der Waals surface area contributed by atoms with Crippen molar-refractivity contribution in [3.8, 4) is 6.07 Å². The fourth-order valence-electron chi connectivity index (χ4n) is 3.95. The summed E-state index contributed by atoms with van der Waals surface area (Å²) in [5.41, 5.74) is 9.99. The van der Waals surface area contributed by atoms with E-state index in [9.17, 15) is 14.9 Å². The number of amides is 3. The van der Waals surface area contributed by atoms with E-state index in [1.165, 1.54) is 9.80 Å². The number of primary amides is 1. The molecule has 2 heterocycles. The molecule has 0 spiro atoms. The zero-order valence-electron chi connectivity index (χ0n) is 16.9. The number of urea groups is 1. The van der Waals surface area contributed by atoms with Crippen LogP contribution in [0.3, 0.4) is 0 Å². The van der Waals surface area contributed by atoms with Crippen LogP contribution in [-0.4, -0.2) is 29.9 Å². The van der Waals surface area contributed by atoms with Gasteiger partial charge in [-0.05, 0) is 42.7 Å². The minimum absolute atomic E-state index is 0.282. The van der Waals surface area contributed by atoms with Gasteiger partial charge in [-0.25, -0.2) is 4.79 Å². The highest BCUT2D eigenvalue weighted by molar-refractivity contribution is 5.99. The molecule has 7 nitrogen and oxygen atoms in total. The maximum atomic E-state index is 13.5. The third-order valence-corrected chi connectivity index (χ3v) is 5.52. The Labute approximate surface area is 175 Å². The Balaban J connectivity index is 1.83. The summed E-state index contributed by atoms with van der Waals surface area (Å²) in [6.45, 7) is 4.36. The molecule has 1 unspecified atom stereocenters. The van der Waals surface area contributed by atoms with Crippen LogP contribution in [0.5, 0.6) is 0 Å². The number of benzene rings is 2. The minimum atomic E-state index is -0.669. The van der Waals surface area contributed by atoms with Gasteiger partial charge in [0.1, 0.15) is 6.54 Å². The molecule has 3 N–H and O–H groups in total. The number of hydrogen-bond donors (Lipinski definition) is 2. The monoisotopic (exact) mass is 401 g/mol. The summed E-state index contributed by atoms with van der Waals surface area (Å²) in [6, 6.07) is 16.8. The van der Waals surface area contributed by atoms with Crippen LogP contribution in [0.15, 0.2) is 59.8 Å². The van der Waals surface area contributed by atoms with Gasteiger partial charge in [0.15, 0.2) is 0 Å². The lowest BCUT2D eigenvalue weighted by atomic mass is 9.92. The number of anilines is 1. The van der Waals surface area contributed by atoms with Crippen molar-refractivity contribution < 1.29 is 9.59 Å². The Morgan fingerprint density at radius 1 is 1.20 bits per heavy atom. The molecule has 0 saturated carbocycles. The number of nitriles is 1. The van der Waals surface area contributed by atoms with Crippen molar-refractivity contribution in [3.05, 3.63) is 76.5 Å². The molecule has 0 aromatic heterocycles. The average molecular weight is 401 g/mol. The second kappa shape index (κ2) is 7.65. The number of rotatable bonds is 5. The van der Waals surface area contributed by atoms with Crippen molar-refractivity contribution in [2.75, 3.05) is 18.0 Å². The van der Waals surface area contributed by atoms with E-state index in [-0.39, 0.29) is 12.6 Å². The zero-order chi connectivity index (χ0) is 21.4. The molecule has 7 heteroatoms. The summed E-state index contributed by atoms with van der Waals surface area (Å²) in [6.07, 6.45) is 0. The van der Waals surface area contributed by atoms with E-state index in [1.807, 2.05) is 55.5 Å². The van der Waals surface area contributed by atoms with Gasteiger partial charge in [-0.1, -0.05) is 36.4 Å². The average Bonchev–Trinajstić information content (AvgIpc) is 3.55. The highest BCUT2D eigenvalue weighted by atomic mass is 16.2. The Morgan fingerprint density at radius 2 is 1.87 bits per heavy atom. The highest BCUT2D eigenvalue weighted by Gasteiger charge is 2.40. The molecule has 1 saturated heterocycles. The summed E-state index contributed by atoms with van der Waals surface area (Å²) >= 11 is 0. The molecule has 0 aliphatic carbocycles. The molecule has 3 amide bonds. The lowest BCUT2D eigenvalue weighted by Gasteiger charge is -2.41. The number of nitrogens with two attached hydrogens (primary N) is 1. The van der Waals surface area contributed by atoms with E-state index < -0.39 is 11.9 Å². The fraction of sp³-hybridized carbons (Fsp3) is 0.261. The maximum Gasteiger partial charge on any atom is 0.330 e. The SMILES string of the molecule is CC1=C(C#N)[C@@H](c2ccc(C3CN3)cc2)N(CC(N)=O)C(=O)N1c1cccc(C)c1. The van der Waals surface area contributed by atoms with Crippen molar-refractivity contribution in [2.45, 2.75) is 25.9 Å². The van der Waals surface area contributed by atoms with Gasteiger partial charge in [0, 0.05) is 18.3 Å². The Hall–Kier alpha value is -3.63. The minimum Gasteiger partial charge on any atom is -0.368 e. The second-order valence-electron chi connectivity index (χ2n) is 7.69. The van der Waals surface area contributed by atoms with Crippen molar-refractivity contribution in [2.24, 2.45) is 5.73 Å². The first-order valence-electron chi connectivity index (χ1n) is 9.80.